The number of nitrogens with one attached hydrogen (secondary N) is 1. The van der Waals surface area contributed by atoms with Gasteiger partial charge in [-0.2, -0.15) is 18.2 Å². The van der Waals surface area contributed by atoms with Crippen molar-refractivity contribution in [2.45, 2.75) is 44.2 Å². The van der Waals surface area contributed by atoms with E-state index in [1.165, 1.54) is 6.07 Å². The van der Waals surface area contributed by atoms with E-state index in [-0.39, 0.29) is 6.29 Å². The highest BCUT2D eigenvalue weighted by Gasteiger charge is 2.35. The largest absolute Gasteiger partial charge is 0.475 e. The smallest absolute Gasteiger partial charge is 0.416 e. The fourth-order valence-corrected chi connectivity index (χ4v) is 5.22. The molecule has 224 valence electrons. The number of anilines is 3. The van der Waals surface area contributed by atoms with E-state index in [0.29, 0.717) is 48.6 Å². The summed E-state index contributed by atoms with van der Waals surface area (Å²) in [6, 6.07) is 14.7. The molecule has 42 heavy (non-hydrogen) atoms. The molecule has 2 saturated heterocycles. The Labute approximate surface area is 242 Å². The van der Waals surface area contributed by atoms with E-state index < -0.39 is 11.7 Å². The van der Waals surface area contributed by atoms with Gasteiger partial charge < -0.3 is 29.3 Å². The van der Waals surface area contributed by atoms with Crippen molar-refractivity contribution in [3.63, 3.8) is 0 Å². The van der Waals surface area contributed by atoms with Crippen LogP contribution < -0.4 is 19.9 Å². The van der Waals surface area contributed by atoms with Gasteiger partial charge in [0.1, 0.15) is 12.4 Å². The number of benzene rings is 1. The molecule has 0 saturated carbocycles. The van der Waals surface area contributed by atoms with Crippen molar-refractivity contribution in [2.75, 3.05) is 55.1 Å². The first kappa shape index (κ1) is 29.6. The number of hydrogen-bond donors (Lipinski definition) is 1. The second-order valence-corrected chi connectivity index (χ2v) is 10.3. The summed E-state index contributed by atoms with van der Waals surface area (Å²) in [7, 11) is 2.01. The monoisotopic (exact) mass is 585 g/mol. The van der Waals surface area contributed by atoms with Crippen LogP contribution in [-0.4, -0.2) is 68.7 Å². The molecule has 2 unspecified atom stereocenters. The van der Waals surface area contributed by atoms with Crippen LogP contribution in [0.25, 0.3) is 11.3 Å². The van der Waals surface area contributed by atoms with Gasteiger partial charge in [0, 0.05) is 44.4 Å². The van der Waals surface area contributed by atoms with Crippen molar-refractivity contribution in [1.29, 1.82) is 0 Å². The molecule has 3 aromatic rings. The maximum atomic E-state index is 12.9. The molecule has 2 aromatic heterocycles. The first-order valence-corrected chi connectivity index (χ1v) is 14.0. The summed E-state index contributed by atoms with van der Waals surface area (Å²) in [6.45, 7) is 3.63. The Bertz CT molecular complexity index is 1350. The van der Waals surface area contributed by atoms with E-state index in [2.05, 4.69) is 25.1 Å². The van der Waals surface area contributed by atoms with Crippen molar-refractivity contribution in [3.8, 4) is 17.1 Å². The number of alkyl halides is 3. The second-order valence-electron chi connectivity index (χ2n) is 10.3. The molecular formula is C30H34F3N5O4. The average Bonchev–Trinajstić information content (AvgIpc) is 3.45. The minimum Gasteiger partial charge on any atom is -0.475 e. The van der Waals surface area contributed by atoms with Crippen LogP contribution in [0.5, 0.6) is 5.88 Å². The molecule has 9 nitrogen and oxygen atoms in total. The summed E-state index contributed by atoms with van der Waals surface area (Å²) in [6.07, 6.45) is 0.418. The van der Waals surface area contributed by atoms with Crippen LogP contribution in [-0.2, 0) is 20.4 Å². The fraction of sp³-hybridized carbons (Fsp3) is 0.433. The molecule has 1 amide bonds. The Morgan fingerprint density at radius 3 is 2.71 bits per heavy atom. The summed E-state index contributed by atoms with van der Waals surface area (Å²) in [5.74, 6) is 1.78. The summed E-state index contributed by atoms with van der Waals surface area (Å²) in [4.78, 5) is 23.5. The van der Waals surface area contributed by atoms with Crippen LogP contribution in [0, 0.1) is 0 Å². The van der Waals surface area contributed by atoms with Crippen molar-refractivity contribution in [2.24, 2.45) is 0 Å². The lowest BCUT2D eigenvalue weighted by atomic mass is 10.1. The van der Waals surface area contributed by atoms with Gasteiger partial charge in [0.05, 0.1) is 23.6 Å². The number of halogens is 3. The van der Waals surface area contributed by atoms with Crippen LogP contribution in [0.15, 0.2) is 54.6 Å². The van der Waals surface area contributed by atoms with E-state index in [1.54, 1.807) is 30.3 Å². The maximum Gasteiger partial charge on any atom is 0.416 e. The Morgan fingerprint density at radius 2 is 1.93 bits per heavy atom. The highest BCUT2D eigenvalue weighted by molar-refractivity contribution is 5.75. The number of aromatic nitrogens is 2. The van der Waals surface area contributed by atoms with Gasteiger partial charge in [-0.1, -0.05) is 18.2 Å². The van der Waals surface area contributed by atoms with E-state index in [9.17, 15) is 18.0 Å². The normalized spacial score (nSPS) is 19.4. The number of pyridine rings is 2. The maximum absolute atomic E-state index is 12.9. The van der Waals surface area contributed by atoms with Crippen LogP contribution in [0.4, 0.5) is 30.5 Å². The van der Waals surface area contributed by atoms with Crippen molar-refractivity contribution in [1.82, 2.24) is 9.97 Å². The Morgan fingerprint density at radius 1 is 1.07 bits per heavy atom. The van der Waals surface area contributed by atoms with Crippen LogP contribution in [0.2, 0.25) is 0 Å². The van der Waals surface area contributed by atoms with E-state index in [1.807, 2.05) is 13.1 Å². The number of carbonyl (C=O) groups excluding carboxylic acids is 1. The molecule has 2 atom stereocenters. The zero-order valence-electron chi connectivity index (χ0n) is 23.3. The fourth-order valence-electron chi connectivity index (χ4n) is 5.22. The predicted molar refractivity (Wildman–Crippen MR) is 153 cm³/mol. The predicted octanol–water partition coefficient (Wildman–Crippen LogP) is 5.37. The number of nitrogens with zero attached hydrogens (tertiary/aromatic N) is 4. The average molecular weight is 586 g/mol. The highest BCUT2D eigenvalue weighted by atomic mass is 19.4. The van der Waals surface area contributed by atoms with Crippen molar-refractivity contribution in [3.05, 3.63) is 60.2 Å². The molecule has 3 aliphatic rings. The van der Waals surface area contributed by atoms with Gasteiger partial charge in [0.2, 0.25) is 12.3 Å². The van der Waals surface area contributed by atoms with Crippen LogP contribution in [0.1, 0.15) is 31.2 Å². The van der Waals surface area contributed by atoms with Gasteiger partial charge in [0.15, 0.2) is 12.1 Å². The standard InChI is InChI=1S/C17H16F3N3.C13H18N2O4/c1-22-13-7-8-23(10-13)15-6-5-14(21-16(15)22)11-3-2-4-12(9-11)17(18,19)20;16-10-14-11-4-3-5-12(15-11)17-8-9-19-13-6-1-2-7-18-13/h2-6,9,13H,7-8,10H2,1H3;3-5,10,13H,1-2,6-9H2,(H,14,15,16). The summed E-state index contributed by atoms with van der Waals surface area (Å²) in [5, 5.41) is 2.47. The van der Waals surface area contributed by atoms with E-state index >= 15 is 0 Å². The van der Waals surface area contributed by atoms with Gasteiger partial charge in [-0.15, -0.1) is 0 Å². The lowest BCUT2D eigenvalue weighted by molar-refractivity contribution is -0.165. The minimum absolute atomic E-state index is 0.103. The zero-order chi connectivity index (χ0) is 29.5. The zero-order valence-corrected chi connectivity index (χ0v) is 23.3. The number of rotatable bonds is 8. The summed E-state index contributed by atoms with van der Waals surface area (Å²) in [5.41, 5.74) is 1.48. The molecule has 5 heterocycles. The Balaban J connectivity index is 0.000000172. The minimum atomic E-state index is -4.34. The lowest BCUT2D eigenvalue weighted by Crippen LogP contribution is -2.40. The molecule has 12 heteroatoms. The summed E-state index contributed by atoms with van der Waals surface area (Å²) >= 11 is 0. The van der Waals surface area contributed by atoms with E-state index in [0.717, 1.165) is 69.0 Å². The third-order valence-corrected chi connectivity index (χ3v) is 7.43. The molecule has 0 radical (unpaired) electrons. The van der Waals surface area contributed by atoms with Crippen LogP contribution in [0.3, 0.4) is 0 Å². The number of amides is 1. The highest BCUT2D eigenvalue weighted by Crippen LogP contribution is 2.39. The topological polar surface area (TPSA) is 89.1 Å². The third-order valence-electron chi connectivity index (χ3n) is 7.43. The number of carbonyl (C=O) groups is 1. The summed E-state index contributed by atoms with van der Waals surface area (Å²) < 4.78 is 55.1. The number of likely N-dealkylation sites (N-methyl/N-ethyl adjacent to an activating group) is 1. The number of ether oxygens (including phenoxy) is 3. The first-order chi connectivity index (χ1) is 20.3. The molecule has 2 fully saturated rings. The molecule has 0 spiro atoms. The molecule has 3 aliphatic heterocycles. The van der Waals surface area contributed by atoms with Gasteiger partial charge >= 0.3 is 6.18 Å². The number of hydrogen-bond acceptors (Lipinski definition) is 8. The van der Waals surface area contributed by atoms with Crippen LogP contribution >= 0.6 is 0 Å². The first-order valence-electron chi connectivity index (χ1n) is 14.0. The molecule has 6 rings (SSSR count). The van der Waals surface area contributed by atoms with Gasteiger partial charge in [-0.25, -0.2) is 4.98 Å². The van der Waals surface area contributed by atoms with Crippen molar-refractivity contribution < 1.29 is 32.2 Å². The van der Waals surface area contributed by atoms with E-state index in [4.69, 9.17) is 14.2 Å². The molecule has 1 N–H and O–H groups in total. The molecule has 0 aliphatic carbocycles. The quantitative estimate of drug-likeness (QED) is 0.279. The second kappa shape index (κ2) is 13.4. The Hall–Kier alpha value is -3.90. The lowest BCUT2D eigenvalue weighted by Gasteiger charge is -2.34. The Kier molecular flexibility index (Phi) is 9.43. The molecule has 2 bridgehead atoms. The molecular weight excluding hydrogens is 551 g/mol. The SMILES string of the molecule is CN1c2nc(-c3cccc(C(F)(F)F)c3)ccc2N2CCC1C2.O=CNc1cccc(OCCOC2CCCCO2)n1. The van der Waals surface area contributed by atoms with Gasteiger partial charge in [-0.3, -0.25) is 4.79 Å². The third kappa shape index (κ3) is 7.29. The van der Waals surface area contributed by atoms with Gasteiger partial charge in [-0.05, 0) is 56.0 Å². The number of fused-ring (bicyclic) bond motifs is 4. The molecule has 1 aromatic carbocycles. The van der Waals surface area contributed by atoms with Crippen molar-refractivity contribution >= 4 is 23.7 Å². The van der Waals surface area contributed by atoms with Gasteiger partial charge in [0.25, 0.3) is 0 Å².